The number of aldehydes is 1. The minimum Gasteiger partial charge on any atom is -0.508 e. The molecule has 0 saturated heterocycles. The van der Waals surface area contributed by atoms with Crippen LogP contribution in [0.2, 0.25) is 0 Å². The fourth-order valence-corrected chi connectivity index (χ4v) is 2.15. The van der Waals surface area contributed by atoms with Gasteiger partial charge in [-0.3, -0.25) is 4.79 Å². The molecule has 0 unspecified atom stereocenters. The van der Waals surface area contributed by atoms with Crippen LogP contribution in [0.1, 0.15) is 67.3 Å². The smallest absolute Gasteiger partial charge is 0.163 e. The molecule has 110 valence electrons. The minimum atomic E-state index is 0.0984. The van der Waals surface area contributed by atoms with Crippen LogP contribution in [0.4, 0.5) is 0 Å². The zero-order chi connectivity index (χ0) is 14.8. The molecule has 0 bridgehead atoms. The maximum atomic E-state index is 11.9. The summed E-state index contributed by atoms with van der Waals surface area (Å²) in [4.78, 5) is 22.1. The minimum absolute atomic E-state index is 0.0984. The SMILES string of the molecule is Cc1ccc(C(=O)CCCCCCCCC=O)cc1O. The van der Waals surface area contributed by atoms with E-state index >= 15 is 0 Å². The molecule has 0 aliphatic carbocycles. The van der Waals surface area contributed by atoms with E-state index in [-0.39, 0.29) is 11.5 Å². The lowest BCUT2D eigenvalue weighted by Gasteiger charge is -2.04. The van der Waals surface area contributed by atoms with Crippen molar-refractivity contribution in [2.24, 2.45) is 0 Å². The van der Waals surface area contributed by atoms with Gasteiger partial charge in [-0.15, -0.1) is 0 Å². The van der Waals surface area contributed by atoms with Crippen LogP contribution in [-0.2, 0) is 4.79 Å². The maximum absolute atomic E-state index is 11.9. The molecule has 0 saturated carbocycles. The predicted molar refractivity (Wildman–Crippen MR) is 80.2 cm³/mol. The first-order valence-electron chi connectivity index (χ1n) is 7.41. The number of Topliss-reactive ketones (excluding diaryl/α,β-unsaturated/α-hetero) is 1. The number of aryl methyl sites for hydroxylation is 1. The summed E-state index contributed by atoms with van der Waals surface area (Å²) in [5.41, 5.74) is 1.39. The Balaban J connectivity index is 2.17. The number of hydrogen-bond donors (Lipinski definition) is 1. The monoisotopic (exact) mass is 276 g/mol. The van der Waals surface area contributed by atoms with E-state index in [4.69, 9.17) is 0 Å². The van der Waals surface area contributed by atoms with Crippen LogP contribution in [0, 0.1) is 6.92 Å². The number of phenolic OH excluding ortho intramolecular Hbond substituents is 1. The molecule has 1 rings (SSSR count). The summed E-state index contributed by atoms with van der Waals surface area (Å²) in [7, 11) is 0. The van der Waals surface area contributed by atoms with Gasteiger partial charge in [-0.05, 0) is 31.4 Å². The van der Waals surface area contributed by atoms with Gasteiger partial charge in [0.05, 0.1) is 0 Å². The Hall–Kier alpha value is -1.64. The van der Waals surface area contributed by atoms with Crippen molar-refractivity contribution in [2.45, 2.75) is 58.3 Å². The van der Waals surface area contributed by atoms with Gasteiger partial charge in [0.15, 0.2) is 5.78 Å². The number of rotatable bonds is 10. The van der Waals surface area contributed by atoms with E-state index in [9.17, 15) is 14.7 Å². The number of hydrogen-bond acceptors (Lipinski definition) is 3. The second-order valence-corrected chi connectivity index (χ2v) is 5.25. The van der Waals surface area contributed by atoms with E-state index in [1.165, 1.54) is 0 Å². The van der Waals surface area contributed by atoms with Gasteiger partial charge in [0.25, 0.3) is 0 Å². The van der Waals surface area contributed by atoms with Crippen LogP contribution in [0.15, 0.2) is 18.2 Å². The second kappa shape index (κ2) is 9.29. The lowest BCUT2D eigenvalue weighted by molar-refractivity contribution is -0.107. The maximum Gasteiger partial charge on any atom is 0.163 e. The summed E-state index contributed by atoms with van der Waals surface area (Å²) >= 11 is 0. The largest absolute Gasteiger partial charge is 0.508 e. The average molecular weight is 276 g/mol. The highest BCUT2D eigenvalue weighted by molar-refractivity contribution is 5.96. The standard InChI is InChI=1S/C17H24O3/c1-14-10-11-15(13-17(14)20)16(19)9-7-5-3-2-4-6-8-12-18/h10-13,20H,2-9H2,1H3. The number of carbonyl (C=O) groups excluding carboxylic acids is 2. The predicted octanol–water partition coefficient (Wildman–Crippen LogP) is 4.20. The molecular weight excluding hydrogens is 252 g/mol. The Morgan fingerprint density at radius 1 is 1.10 bits per heavy atom. The Bertz CT molecular complexity index is 438. The molecule has 3 heteroatoms. The molecule has 20 heavy (non-hydrogen) atoms. The van der Waals surface area contributed by atoms with Crippen molar-refractivity contribution in [3.8, 4) is 5.75 Å². The van der Waals surface area contributed by atoms with Crippen LogP contribution in [0.5, 0.6) is 5.75 Å². The van der Waals surface area contributed by atoms with Crippen molar-refractivity contribution in [3.05, 3.63) is 29.3 Å². The fourth-order valence-electron chi connectivity index (χ4n) is 2.15. The molecule has 0 radical (unpaired) electrons. The summed E-state index contributed by atoms with van der Waals surface area (Å²) in [6.45, 7) is 1.81. The normalized spacial score (nSPS) is 10.4. The van der Waals surface area contributed by atoms with E-state index in [1.54, 1.807) is 18.2 Å². The first-order valence-corrected chi connectivity index (χ1v) is 7.41. The highest BCUT2D eigenvalue weighted by atomic mass is 16.3. The van der Waals surface area contributed by atoms with Gasteiger partial charge in [-0.2, -0.15) is 0 Å². The van der Waals surface area contributed by atoms with Gasteiger partial charge in [0.1, 0.15) is 12.0 Å². The summed E-state index contributed by atoms with van der Waals surface area (Å²) < 4.78 is 0. The summed E-state index contributed by atoms with van der Waals surface area (Å²) in [6, 6.07) is 5.10. The van der Waals surface area contributed by atoms with Crippen LogP contribution in [0.25, 0.3) is 0 Å². The third-order valence-electron chi connectivity index (χ3n) is 3.51. The van der Waals surface area contributed by atoms with Crippen LogP contribution >= 0.6 is 0 Å². The quantitative estimate of drug-likeness (QED) is 0.396. The molecule has 1 N–H and O–H groups in total. The van der Waals surface area contributed by atoms with E-state index in [1.807, 2.05) is 6.92 Å². The van der Waals surface area contributed by atoms with Gasteiger partial charge < -0.3 is 9.90 Å². The molecule has 0 atom stereocenters. The lowest BCUT2D eigenvalue weighted by Crippen LogP contribution is -1.99. The van der Waals surface area contributed by atoms with Gasteiger partial charge in [-0.1, -0.05) is 37.8 Å². The molecule has 0 aliphatic rings. The van der Waals surface area contributed by atoms with Crippen molar-refractivity contribution in [2.75, 3.05) is 0 Å². The molecule has 0 aliphatic heterocycles. The average Bonchev–Trinajstić information content (AvgIpc) is 2.44. The van der Waals surface area contributed by atoms with Crippen molar-refractivity contribution >= 4 is 12.1 Å². The molecule has 3 nitrogen and oxygen atoms in total. The summed E-state index contributed by atoms with van der Waals surface area (Å²) in [6.07, 6.45) is 8.43. The number of benzene rings is 1. The Kier molecular flexibility index (Phi) is 7.63. The first kappa shape index (κ1) is 16.4. The number of phenols is 1. The Morgan fingerprint density at radius 3 is 2.40 bits per heavy atom. The Morgan fingerprint density at radius 2 is 1.75 bits per heavy atom. The van der Waals surface area contributed by atoms with Crippen LogP contribution in [-0.4, -0.2) is 17.2 Å². The highest BCUT2D eigenvalue weighted by Crippen LogP contribution is 2.19. The summed E-state index contributed by atoms with van der Waals surface area (Å²) in [5, 5.41) is 9.58. The van der Waals surface area contributed by atoms with Crippen molar-refractivity contribution in [1.29, 1.82) is 0 Å². The zero-order valence-corrected chi connectivity index (χ0v) is 12.2. The van der Waals surface area contributed by atoms with Gasteiger partial charge in [0.2, 0.25) is 0 Å². The van der Waals surface area contributed by atoms with E-state index in [0.717, 1.165) is 50.4 Å². The van der Waals surface area contributed by atoms with Crippen LogP contribution in [0.3, 0.4) is 0 Å². The van der Waals surface area contributed by atoms with Crippen molar-refractivity contribution in [1.82, 2.24) is 0 Å². The molecule has 0 amide bonds. The molecule has 0 spiro atoms. The van der Waals surface area contributed by atoms with Gasteiger partial charge in [-0.25, -0.2) is 0 Å². The van der Waals surface area contributed by atoms with Crippen molar-refractivity contribution < 1.29 is 14.7 Å². The van der Waals surface area contributed by atoms with Gasteiger partial charge in [0, 0.05) is 18.4 Å². The molecule has 1 aromatic rings. The van der Waals surface area contributed by atoms with Crippen LogP contribution < -0.4 is 0 Å². The second-order valence-electron chi connectivity index (χ2n) is 5.25. The zero-order valence-electron chi connectivity index (χ0n) is 12.2. The third kappa shape index (κ3) is 6.00. The highest BCUT2D eigenvalue weighted by Gasteiger charge is 2.07. The fraction of sp³-hybridized carbons (Fsp3) is 0.529. The van der Waals surface area contributed by atoms with E-state index < -0.39 is 0 Å². The number of aromatic hydroxyl groups is 1. The summed E-state index contributed by atoms with van der Waals surface area (Å²) in [5.74, 6) is 0.285. The molecular formula is C17H24O3. The van der Waals surface area contributed by atoms with E-state index in [2.05, 4.69) is 0 Å². The van der Waals surface area contributed by atoms with E-state index in [0.29, 0.717) is 18.4 Å². The van der Waals surface area contributed by atoms with Crippen molar-refractivity contribution in [3.63, 3.8) is 0 Å². The topological polar surface area (TPSA) is 54.4 Å². The Labute approximate surface area is 121 Å². The third-order valence-corrected chi connectivity index (χ3v) is 3.51. The first-order chi connectivity index (χ1) is 9.65. The number of unbranched alkanes of at least 4 members (excludes halogenated alkanes) is 6. The molecule has 0 heterocycles. The molecule has 0 fully saturated rings. The van der Waals surface area contributed by atoms with Gasteiger partial charge >= 0.3 is 0 Å². The molecule has 0 aromatic heterocycles. The number of ketones is 1. The molecule has 1 aromatic carbocycles. The number of carbonyl (C=O) groups is 2. The lowest BCUT2D eigenvalue weighted by atomic mass is 10.0.